The molecule has 0 fully saturated rings. The summed E-state index contributed by atoms with van der Waals surface area (Å²) in [6, 6.07) is 5.13. The standard InChI is InChI=1S/C11H7BN2O3/c12-17-11(16)10(15)9-5-8(6-14-9)7-1-3-13-4-2-7/h1-6,14H. The topological polar surface area (TPSA) is 72.1 Å². The number of hydrogen-bond donors (Lipinski definition) is 1. The zero-order chi connectivity index (χ0) is 12.3. The number of aromatic amines is 1. The summed E-state index contributed by atoms with van der Waals surface area (Å²) in [6.07, 6.45) is 4.89. The van der Waals surface area contributed by atoms with Crippen LogP contribution in [-0.4, -0.2) is 29.8 Å². The molecule has 0 aliphatic heterocycles. The maximum Gasteiger partial charge on any atom is 0.379 e. The molecule has 6 heteroatoms. The van der Waals surface area contributed by atoms with Gasteiger partial charge in [0.05, 0.1) is 5.69 Å². The van der Waals surface area contributed by atoms with Crippen molar-refractivity contribution in [1.29, 1.82) is 0 Å². The van der Waals surface area contributed by atoms with E-state index in [2.05, 4.69) is 22.7 Å². The molecule has 0 aliphatic rings. The summed E-state index contributed by atoms with van der Waals surface area (Å²) in [7, 11) is 4.64. The zero-order valence-corrected chi connectivity index (χ0v) is 8.71. The average Bonchev–Trinajstić information content (AvgIpc) is 2.87. The molecule has 0 aliphatic carbocycles. The fraction of sp³-hybridized carbons (Fsp3) is 0. The van der Waals surface area contributed by atoms with Crippen molar-refractivity contribution in [3.05, 3.63) is 42.5 Å². The Morgan fingerprint density at radius 1 is 1.24 bits per heavy atom. The Morgan fingerprint density at radius 3 is 2.59 bits per heavy atom. The van der Waals surface area contributed by atoms with Gasteiger partial charge in [0.25, 0.3) is 5.78 Å². The highest BCUT2D eigenvalue weighted by Crippen LogP contribution is 2.19. The number of rotatable bonds is 3. The predicted octanol–water partition coefficient (Wildman–Crippen LogP) is 0.886. The number of aromatic nitrogens is 2. The molecule has 0 saturated carbocycles. The number of pyridine rings is 1. The first kappa shape index (κ1) is 11.1. The molecular formula is C11H7BN2O3. The van der Waals surface area contributed by atoms with Gasteiger partial charge in [-0.05, 0) is 29.3 Å². The zero-order valence-electron chi connectivity index (χ0n) is 8.71. The Morgan fingerprint density at radius 2 is 1.94 bits per heavy atom. The maximum absolute atomic E-state index is 11.4. The molecule has 0 unspecified atom stereocenters. The Balaban J connectivity index is 2.28. The largest absolute Gasteiger partial charge is 0.537 e. The van der Waals surface area contributed by atoms with Crippen molar-refractivity contribution in [2.75, 3.05) is 0 Å². The number of H-pyrrole nitrogens is 1. The van der Waals surface area contributed by atoms with Gasteiger partial charge in [0.1, 0.15) is 0 Å². The molecule has 0 bridgehead atoms. The van der Waals surface area contributed by atoms with Crippen molar-refractivity contribution < 1.29 is 14.2 Å². The van der Waals surface area contributed by atoms with E-state index in [1.165, 1.54) is 0 Å². The van der Waals surface area contributed by atoms with Crippen LogP contribution in [0.2, 0.25) is 0 Å². The maximum atomic E-state index is 11.4. The van der Waals surface area contributed by atoms with Crippen molar-refractivity contribution in [2.45, 2.75) is 0 Å². The van der Waals surface area contributed by atoms with Gasteiger partial charge in [0.15, 0.2) is 0 Å². The minimum Gasteiger partial charge on any atom is -0.537 e. The van der Waals surface area contributed by atoms with E-state index in [0.29, 0.717) is 0 Å². The minimum atomic E-state index is -1.10. The lowest BCUT2D eigenvalue weighted by Crippen LogP contribution is -2.16. The third-order valence-corrected chi connectivity index (χ3v) is 2.23. The fourth-order valence-electron chi connectivity index (χ4n) is 1.40. The highest BCUT2D eigenvalue weighted by molar-refractivity contribution is 6.42. The van der Waals surface area contributed by atoms with Crippen molar-refractivity contribution in [3.8, 4) is 11.1 Å². The SMILES string of the molecule is [B]OC(=O)C(=O)c1cc(-c2ccncc2)c[nH]1. The molecule has 2 aromatic heterocycles. The Labute approximate surface area is 98.3 Å². The number of nitrogens with one attached hydrogen (secondary N) is 1. The number of carbonyl (C=O) groups is 2. The number of Topliss-reactive ketones (excluding diaryl/α,β-unsaturated/α-hetero) is 1. The van der Waals surface area contributed by atoms with E-state index < -0.39 is 11.8 Å². The van der Waals surface area contributed by atoms with Crippen LogP contribution in [0.4, 0.5) is 0 Å². The molecule has 82 valence electrons. The van der Waals surface area contributed by atoms with Crippen LogP contribution in [0.5, 0.6) is 0 Å². The van der Waals surface area contributed by atoms with E-state index >= 15 is 0 Å². The second-order valence-corrected chi connectivity index (χ2v) is 3.27. The second kappa shape index (κ2) is 4.65. The summed E-state index contributed by atoms with van der Waals surface area (Å²) >= 11 is 0. The van der Waals surface area contributed by atoms with E-state index in [1.54, 1.807) is 36.8 Å². The van der Waals surface area contributed by atoms with Crippen LogP contribution >= 0.6 is 0 Å². The number of carbonyl (C=O) groups excluding carboxylic acids is 2. The van der Waals surface area contributed by atoms with Crippen LogP contribution < -0.4 is 0 Å². The summed E-state index contributed by atoms with van der Waals surface area (Å²) in [6.45, 7) is 0. The van der Waals surface area contributed by atoms with E-state index in [4.69, 9.17) is 0 Å². The van der Waals surface area contributed by atoms with Gasteiger partial charge in [-0.3, -0.25) is 9.78 Å². The molecule has 0 spiro atoms. The van der Waals surface area contributed by atoms with Gasteiger partial charge in [-0.1, -0.05) is 0 Å². The van der Waals surface area contributed by atoms with Gasteiger partial charge in [-0.15, -0.1) is 0 Å². The Hall–Kier alpha value is -2.37. The minimum absolute atomic E-state index is 0.132. The van der Waals surface area contributed by atoms with Gasteiger partial charge in [0.2, 0.25) is 0 Å². The molecular weight excluding hydrogens is 219 g/mol. The summed E-state index contributed by atoms with van der Waals surface area (Å²) in [5, 5.41) is 0. The van der Waals surface area contributed by atoms with E-state index in [9.17, 15) is 9.59 Å². The van der Waals surface area contributed by atoms with Crippen molar-refractivity contribution in [2.24, 2.45) is 0 Å². The first-order valence-corrected chi connectivity index (χ1v) is 4.76. The van der Waals surface area contributed by atoms with Crippen LogP contribution in [0.3, 0.4) is 0 Å². The predicted molar refractivity (Wildman–Crippen MR) is 60.2 cm³/mol. The molecule has 1 N–H and O–H groups in total. The quantitative estimate of drug-likeness (QED) is 0.479. The number of hydrogen-bond acceptors (Lipinski definition) is 4. The van der Waals surface area contributed by atoms with Crippen LogP contribution in [0.1, 0.15) is 10.5 Å². The molecule has 0 saturated heterocycles. The summed E-state index contributed by atoms with van der Waals surface area (Å²) in [5.74, 6) is -1.92. The molecule has 2 radical (unpaired) electrons. The molecule has 0 atom stereocenters. The van der Waals surface area contributed by atoms with Gasteiger partial charge < -0.3 is 9.64 Å². The number of ketones is 1. The number of nitrogens with zero attached hydrogens (tertiary/aromatic N) is 1. The lowest BCUT2D eigenvalue weighted by molar-refractivity contribution is -0.129. The van der Waals surface area contributed by atoms with Crippen molar-refractivity contribution >= 4 is 19.8 Å². The van der Waals surface area contributed by atoms with Gasteiger partial charge >= 0.3 is 14.0 Å². The van der Waals surface area contributed by atoms with E-state index in [0.717, 1.165) is 11.1 Å². The molecule has 2 heterocycles. The van der Waals surface area contributed by atoms with Gasteiger partial charge in [-0.2, -0.15) is 0 Å². The van der Waals surface area contributed by atoms with Gasteiger partial charge in [-0.25, -0.2) is 4.79 Å². The van der Waals surface area contributed by atoms with Crippen LogP contribution in [0, 0.1) is 0 Å². The average molecular weight is 226 g/mol. The molecule has 0 aromatic carbocycles. The normalized spacial score (nSPS) is 9.88. The van der Waals surface area contributed by atoms with Crippen LogP contribution in [0.25, 0.3) is 11.1 Å². The first-order chi connectivity index (χ1) is 8.22. The monoisotopic (exact) mass is 226 g/mol. The van der Waals surface area contributed by atoms with E-state index in [1.807, 2.05) is 0 Å². The Kier molecular flexibility index (Phi) is 3.04. The molecule has 2 aromatic rings. The van der Waals surface area contributed by atoms with Crippen molar-refractivity contribution in [1.82, 2.24) is 9.97 Å². The Bertz CT molecular complexity index is 551. The van der Waals surface area contributed by atoms with Crippen molar-refractivity contribution in [3.63, 3.8) is 0 Å². The van der Waals surface area contributed by atoms with Gasteiger partial charge in [0, 0.05) is 18.6 Å². The first-order valence-electron chi connectivity index (χ1n) is 4.76. The smallest absolute Gasteiger partial charge is 0.379 e. The molecule has 17 heavy (non-hydrogen) atoms. The van der Waals surface area contributed by atoms with Crippen LogP contribution in [0.15, 0.2) is 36.8 Å². The third-order valence-electron chi connectivity index (χ3n) is 2.23. The fourth-order valence-corrected chi connectivity index (χ4v) is 1.40. The highest BCUT2D eigenvalue weighted by atomic mass is 16.5. The lowest BCUT2D eigenvalue weighted by Gasteiger charge is -1.95. The van der Waals surface area contributed by atoms with E-state index in [-0.39, 0.29) is 5.69 Å². The summed E-state index contributed by atoms with van der Waals surface area (Å²) in [4.78, 5) is 28.9. The molecule has 0 amide bonds. The second-order valence-electron chi connectivity index (χ2n) is 3.27. The summed E-state index contributed by atoms with van der Waals surface area (Å²) < 4.78 is 3.86. The highest BCUT2D eigenvalue weighted by Gasteiger charge is 2.18. The lowest BCUT2D eigenvalue weighted by atomic mass is 10.1. The summed E-state index contributed by atoms with van der Waals surface area (Å²) in [5.41, 5.74) is 1.80. The molecule has 2 rings (SSSR count). The molecule has 5 nitrogen and oxygen atoms in total. The van der Waals surface area contributed by atoms with Crippen LogP contribution in [-0.2, 0) is 9.45 Å². The third kappa shape index (κ3) is 2.25.